The molecule has 0 spiro atoms. The van der Waals surface area contributed by atoms with Crippen LogP contribution in [0.25, 0.3) is 0 Å². The summed E-state index contributed by atoms with van der Waals surface area (Å²) in [7, 11) is 0. The lowest BCUT2D eigenvalue weighted by Gasteiger charge is -2.03. The molecule has 0 saturated heterocycles. The van der Waals surface area contributed by atoms with E-state index in [4.69, 9.17) is 5.11 Å². The number of hydrogen-bond donors (Lipinski definition) is 1. The molecular formula is C12H12N2O3S. The maximum atomic E-state index is 11.8. The Labute approximate surface area is 107 Å². The summed E-state index contributed by atoms with van der Waals surface area (Å²) in [5.74, 6) is -0.903. The Balaban J connectivity index is 2.19. The van der Waals surface area contributed by atoms with Gasteiger partial charge in [-0.05, 0) is 13.0 Å². The third-order valence-corrected chi connectivity index (χ3v) is 3.33. The van der Waals surface area contributed by atoms with Crippen LogP contribution in [0.3, 0.4) is 0 Å². The molecule has 6 heteroatoms. The highest BCUT2D eigenvalue weighted by molar-refractivity contribution is 7.09. The quantitative estimate of drug-likeness (QED) is 0.903. The standard InChI is InChI=1S/C12H12N2O3S/c1-8-3-2-4-14(12(8)17)6-10-13-9(7-18-10)5-11(15)16/h2-4,7H,5-6H2,1H3,(H,15,16). The highest BCUT2D eigenvalue weighted by Crippen LogP contribution is 2.11. The second-order valence-electron chi connectivity index (χ2n) is 3.93. The first kappa shape index (κ1) is 12.5. The summed E-state index contributed by atoms with van der Waals surface area (Å²) in [6.07, 6.45) is 1.62. The van der Waals surface area contributed by atoms with E-state index in [2.05, 4.69) is 4.98 Å². The molecule has 2 aromatic heterocycles. The van der Waals surface area contributed by atoms with Crippen LogP contribution in [0.15, 0.2) is 28.5 Å². The number of carboxylic acid groups (broad SMARTS) is 1. The minimum Gasteiger partial charge on any atom is -0.481 e. The monoisotopic (exact) mass is 264 g/mol. The molecule has 2 aromatic rings. The van der Waals surface area contributed by atoms with Crippen LogP contribution in [0.5, 0.6) is 0 Å². The van der Waals surface area contributed by atoms with Crippen molar-refractivity contribution >= 4 is 17.3 Å². The molecular weight excluding hydrogens is 252 g/mol. The normalized spacial score (nSPS) is 10.5. The Morgan fingerprint density at radius 2 is 2.33 bits per heavy atom. The third-order valence-electron chi connectivity index (χ3n) is 2.45. The van der Waals surface area contributed by atoms with Crippen LogP contribution in [0.1, 0.15) is 16.3 Å². The Morgan fingerprint density at radius 1 is 1.56 bits per heavy atom. The van der Waals surface area contributed by atoms with Crippen LogP contribution in [0.4, 0.5) is 0 Å². The second-order valence-corrected chi connectivity index (χ2v) is 4.87. The van der Waals surface area contributed by atoms with Crippen molar-refractivity contribution in [2.45, 2.75) is 19.9 Å². The van der Waals surface area contributed by atoms with Gasteiger partial charge in [-0.2, -0.15) is 0 Å². The molecule has 18 heavy (non-hydrogen) atoms. The lowest BCUT2D eigenvalue weighted by molar-refractivity contribution is -0.136. The minimum absolute atomic E-state index is 0.0486. The number of aliphatic carboxylic acids is 1. The molecule has 0 aliphatic carbocycles. The van der Waals surface area contributed by atoms with E-state index >= 15 is 0 Å². The molecule has 0 atom stereocenters. The molecule has 0 amide bonds. The van der Waals surface area contributed by atoms with Gasteiger partial charge in [-0.1, -0.05) is 6.07 Å². The molecule has 0 bridgehead atoms. The maximum absolute atomic E-state index is 11.8. The van der Waals surface area contributed by atoms with Crippen molar-refractivity contribution in [1.82, 2.24) is 9.55 Å². The lowest BCUT2D eigenvalue weighted by Crippen LogP contribution is -2.21. The molecule has 94 valence electrons. The van der Waals surface area contributed by atoms with Gasteiger partial charge in [0.05, 0.1) is 18.7 Å². The summed E-state index contributed by atoms with van der Waals surface area (Å²) in [6.45, 7) is 2.14. The predicted octanol–water partition coefficient (Wildman–Crippen LogP) is 1.29. The van der Waals surface area contributed by atoms with Gasteiger partial charge in [-0.3, -0.25) is 9.59 Å². The number of carbonyl (C=O) groups is 1. The predicted molar refractivity (Wildman–Crippen MR) is 68.0 cm³/mol. The van der Waals surface area contributed by atoms with E-state index in [1.807, 2.05) is 6.07 Å². The summed E-state index contributed by atoms with van der Waals surface area (Å²) in [4.78, 5) is 26.5. The first-order chi connectivity index (χ1) is 8.56. The van der Waals surface area contributed by atoms with Crippen LogP contribution in [-0.2, 0) is 17.8 Å². The summed E-state index contributed by atoms with van der Waals surface area (Å²) in [5.41, 5.74) is 1.16. The molecule has 0 unspecified atom stereocenters. The average molecular weight is 264 g/mol. The van der Waals surface area contributed by atoms with Crippen LogP contribution in [0.2, 0.25) is 0 Å². The number of hydrogen-bond acceptors (Lipinski definition) is 4. The fourth-order valence-electron chi connectivity index (χ4n) is 1.58. The number of aryl methyl sites for hydroxylation is 1. The molecule has 0 saturated carbocycles. The number of aromatic nitrogens is 2. The fraction of sp³-hybridized carbons (Fsp3) is 0.250. The maximum Gasteiger partial charge on any atom is 0.309 e. The van der Waals surface area contributed by atoms with Gasteiger partial charge < -0.3 is 9.67 Å². The van der Waals surface area contributed by atoms with E-state index in [1.54, 1.807) is 29.1 Å². The number of carboxylic acids is 1. The van der Waals surface area contributed by atoms with Crippen molar-refractivity contribution in [3.63, 3.8) is 0 Å². The molecule has 0 aromatic carbocycles. The van der Waals surface area contributed by atoms with E-state index in [0.29, 0.717) is 17.8 Å². The lowest BCUT2D eigenvalue weighted by atomic mass is 10.3. The van der Waals surface area contributed by atoms with Gasteiger partial charge in [-0.25, -0.2) is 4.98 Å². The summed E-state index contributed by atoms with van der Waals surface area (Å²) < 4.78 is 1.57. The Kier molecular flexibility index (Phi) is 3.57. The molecule has 2 heterocycles. The fourth-order valence-corrected chi connectivity index (χ4v) is 2.38. The summed E-state index contributed by atoms with van der Waals surface area (Å²) >= 11 is 1.37. The van der Waals surface area contributed by atoms with Crippen molar-refractivity contribution in [3.8, 4) is 0 Å². The zero-order valence-electron chi connectivity index (χ0n) is 9.79. The molecule has 2 rings (SSSR count). The van der Waals surface area contributed by atoms with Crippen molar-refractivity contribution in [3.05, 3.63) is 50.3 Å². The molecule has 0 radical (unpaired) electrons. The molecule has 0 fully saturated rings. The zero-order valence-corrected chi connectivity index (χ0v) is 10.6. The van der Waals surface area contributed by atoms with Crippen molar-refractivity contribution in [2.75, 3.05) is 0 Å². The topological polar surface area (TPSA) is 72.2 Å². The molecule has 0 aliphatic rings. The van der Waals surface area contributed by atoms with E-state index in [-0.39, 0.29) is 12.0 Å². The van der Waals surface area contributed by atoms with Gasteiger partial charge >= 0.3 is 5.97 Å². The molecule has 1 N–H and O–H groups in total. The SMILES string of the molecule is Cc1cccn(Cc2nc(CC(=O)O)cs2)c1=O. The first-order valence-electron chi connectivity index (χ1n) is 5.37. The van der Waals surface area contributed by atoms with Crippen LogP contribution >= 0.6 is 11.3 Å². The second kappa shape index (κ2) is 5.14. The molecule has 0 aliphatic heterocycles. The number of nitrogens with zero attached hydrogens (tertiary/aromatic N) is 2. The number of rotatable bonds is 4. The van der Waals surface area contributed by atoms with E-state index in [1.165, 1.54) is 11.3 Å². The van der Waals surface area contributed by atoms with E-state index in [0.717, 1.165) is 5.01 Å². The summed E-state index contributed by atoms with van der Waals surface area (Å²) in [6, 6.07) is 3.57. The Morgan fingerprint density at radius 3 is 3.06 bits per heavy atom. The zero-order chi connectivity index (χ0) is 13.1. The van der Waals surface area contributed by atoms with Gasteiger partial charge in [0.1, 0.15) is 5.01 Å². The number of pyridine rings is 1. The number of thiazole rings is 1. The van der Waals surface area contributed by atoms with Crippen LogP contribution in [-0.4, -0.2) is 20.6 Å². The summed E-state index contributed by atoms with van der Waals surface area (Å²) in [5, 5.41) is 11.1. The highest BCUT2D eigenvalue weighted by Gasteiger charge is 2.07. The van der Waals surface area contributed by atoms with Crippen molar-refractivity contribution in [1.29, 1.82) is 0 Å². The first-order valence-corrected chi connectivity index (χ1v) is 6.25. The van der Waals surface area contributed by atoms with Crippen LogP contribution < -0.4 is 5.56 Å². The smallest absolute Gasteiger partial charge is 0.309 e. The third kappa shape index (κ3) is 2.84. The molecule has 5 nitrogen and oxygen atoms in total. The van der Waals surface area contributed by atoms with Gasteiger partial charge in [0.25, 0.3) is 5.56 Å². The van der Waals surface area contributed by atoms with Crippen molar-refractivity contribution < 1.29 is 9.90 Å². The van der Waals surface area contributed by atoms with E-state index in [9.17, 15) is 9.59 Å². The van der Waals surface area contributed by atoms with Crippen LogP contribution in [0, 0.1) is 6.92 Å². The van der Waals surface area contributed by atoms with Crippen molar-refractivity contribution in [2.24, 2.45) is 0 Å². The largest absolute Gasteiger partial charge is 0.481 e. The minimum atomic E-state index is -0.903. The Bertz CT molecular complexity index is 630. The highest BCUT2D eigenvalue weighted by atomic mass is 32.1. The van der Waals surface area contributed by atoms with Gasteiger partial charge in [0, 0.05) is 17.1 Å². The Hall–Kier alpha value is -1.95. The van der Waals surface area contributed by atoms with Gasteiger partial charge in [-0.15, -0.1) is 11.3 Å². The van der Waals surface area contributed by atoms with Gasteiger partial charge in [0.2, 0.25) is 0 Å². The van der Waals surface area contributed by atoms with E-state index < -0.39 is 5.97 Å². The average Bonchev–Trinajstić information content (AvgIpc) is 2.71. The van der Waals surface area contributed by atoms with Gasteiger partial charge in [0.15, 0.2) is 0 Å².